The van der Waals surface area contributed by atoms with Gasteiger partial charge in [0.25, 0.3) is 0 Å². The van der Waals surface area contributed by atoms with Crippen molar-refractivity contribution in [2.75, 3.05) is 0 Å². The highest BCUT2D eigenvalue weighted by Crippen LogP contribution is 2.42. The fourth-order valence-corrected chi connectivity index (χ4v) is 4.54. The fourth-order valence-electron chi connectivity index (χ4n) is 4.54. The highest BCUT2D eigenvalue weighted by Gasteiger charge is 2.54. The first-order valence-electron chi connectivity index (χ1n) is 9.46. The lowest BCUT2D eigenvalue weighted by molar-refractivity contribution is -0.363. The van der Waals surface area contributed by atoms with Gasteiger partial charge >= 0.3 is 6.97 Å². The lowest BCUT2D eigenvalue weighted by Gasteiger charge is -2.32. The molecule has 3 rings (SSSR count). The van der Waals surface area contributed by atoms with Gasteiger partial charge in [-0.15, -0.1) is 0 Å². The Morgan fingerprint density at radius 3 is 2.44 bits per heavy atom. The minimum atomic E-state index is -3.98. The molecule has 1 aromatic heterocycles. The first-order chi connectivity index (χ1) is 12.5. The minimum Gasteiger partial charge on any atom is -0.393 e. The number of fused-ring (bicyclic) bond motifs is 2. The maximum absolute atomic E-state index is 15.5. The van der Waals surface area contributed by atoms with Crippen molar-refractivity contribution in [3.8, 4) is 0 Å². The Kier molecular flexibility index (Phi) is 4.65. The number of allylic oxidation sites excluding steroid dienone is 4. The number of carbonyl (C=O) groups excluding carboxylic acids is 1. The molecule has 2 aliphatic rings. The first-order valence-corrected chi connectivity index (χ1v) is 9.46. The predicted molar refractivity (Wildman–Crippen MR) is 108 cm³/mol. The molecule has 0 fully saturated rings. The Morgan fingerprint density at radius 2 is 1.85 bits per heavy atom. The van der Waals surface area contributed by atoms with Gasteiger partial charge in [0.15, 0.2) is 11.5 Å². The van der Waals surface area contributed by atoms with Gasteiger partial charge in [-0.05, 0) is 62.6 Å². The van der Waals surface area contributed by atoms with E-state index in [2.05, 4.69) is 0 Å². The third-order valence-electron chi connectivity index (χ3n) is 5.55. The Hall–Kier alpha value is -2.24. The molecule has 0 atom stereocenters. The van der Waals surface area contributed by atoms with Crippen LogP contribution in [0.5, 0.6) is 0 Å². The molecular weight excluding hydrogens is 345 g/mol. The third-order valence-corrected chi connectivity index (χ3v) is 5.55. The van der Waals surface area contributed by atoms with Crippen LogP contribution in [0, 0.1) is 19.8 Å². The van der Waals surface area contributed by atoms with E-state index in [9.17, 15) is 4.79 Å². The standard InChI is InChI=1S/C21H27BF2N2O/c1-12(2)10-18(27)8-9-19-15(5)21-16(6)20-13(3)11-14(4)25(20)22(23,24)26(21)17(19)7/h8-9,11-12H,10H2,1-7H3/b9-8+. The summed E-state index contributed by atoms with van der Waals surface area (Å²) in [5.74, 6) is 0.288. The largest absolute Gasteiger partial charge is 0.737 e. The van der Waals surface area contributed by atoms with E-state index in [1.807, 2.05) is 40.7 Å². The van der Waals surface area contributed by atoms with Gasteiger partial charge in [-0.2, -0.15) is 0 Å². The zero-order chi connectivity index (χ0) is 20.3. The van der Waals surface area contributed by atoms with E-state index < -0.39 is 6.97 Å². The molecule has 3 heterocycles. The molecular formula is C21H27BF2N2O. The van der Waals surface area contributed by atoms with Gasteiger partial charge in [-0.25, -0.2) is 0 Å². The fraction of sp³-hybridized carbons (Fsp3) is 0.429. The number of aromatic nitrogens is 1. The van der Waals surface area contributed by atoms with Crippen LogP contribution in [0.2, 0.25) is 0 Å². The molecule has 0 N–H and O–H groups in total. The molecule has 27 heavy (non-hydrogen) atoms. The van der Waals surface area contributed by atoms with Crippen LogP contribution in [-0.4, -0.2) is 27.4 Å². The van der Waals surface area contributed by atoms with E-state index in [4.69, 9.17) is 0 Å². The topological polar surface area (TPSA) is 25.0 Å². The Labute approximate surface area is 159 Å². The molecule has 0 saturated heterocycles. The summed E-state index contributed by atoms with van der Waals surface area (Å²) in [4.78, 5) is 12.1. The van der Waals surface area contributed by atoms with Gasteiger partial charge < -0.3 is 17.6 Å². The number of ketones is 1. The summed E-state index contributed by atoms with van der Waals surface area (Å²) in [6.45, 7) is 9.07. The third kappa shape index (κ3) is 2.86. The van der Waals surface area contributed by atoms with Crippen LogP contribution in [0.4, 0.5) is 8.63 Å². The average molecular weight is 372 g/mol. The summed E-state index contributed by atoms with van der Waals surface area (Å²) in [5.41, 5.74) is 5.46. The second kappa shape index (κ2) is 6.43. The second-order valence-electron chi connectivity index (χ2n) is 8.14. The summed E-state index contributed by atoms with van der Waals surface area (Å²) >= 11 is 0. The molecule has 0 unspecified atom stereocenters. The molecule has 144 valence electrons. The molecule has 0 aromatic carbocycles. The van der Waals surface area contributed by atoms with Crippen LogP contribution in [-0.2, 0) is 4.79 Å². The van der Waals surface area contributed by atoms with Crippen molar-refractivity contribution in [1.82, 2.24) is 4.48 Å². The summed E-state index contributed by atoms with van der Waals surface area (Å²) < 4.78 is 33.5. The van der Waals surface area contributed by atoms with Crippen LogP contribution in [0.3, 0.4) is 0 Å². The monoisotopic (exact) mass is 372 g/mol. The van der Waals surface area contributed by atoms with Crippen molar-refractivity contribution in [2.45, 2.75) is 54.9 Å². The molecule has 0 amide bonds. The number of hydrogen-bond donors (Lipinski definition) is 0. The maximum Gasteiger partial charge on any atom is 0.737 e. The van der Waals surface area contributed by atoms with Crippen LogP contribution < -0.4 is 0 Å². The maximum atomic E-state index is 15.5. The number of carbonyl (C=O) groups is 1. The van der Waals surface area contributed by atoms with Gasteiger partial charge in [0.05, 0.1) is 0 Å². The van der Waals surface area contributed by atoms with Crippen LogP contribution >= 0.6 is 0 Å². The highest BCUT2D eigenvalue weighted by molar-refractivity contribution is 6.58. The van der Waals surface area contributed by atoms with Gasteiger partial charge in [-0.3, -0.25) is 4.79 Å². The highest BCUT2D eigenvalue weighted by atomic mass is 19.2. The van der Waals surface area contributed by atoms with E-state index in [-0.39, 0.29) is 11.7 Å². The molecule has 0 saturated carbocycles. The van der Waals surface area contributed by atoms with E-state index >= 15 is 8.63 Å². The van der Waals surface area contributed by atoms with Gasteiger partial charge in [0.1, 0.15) is 5.71 Å². The molecule has 0 aliphatic carbocycles. The molecule has 2 aliphatic heterocycles. The lowest BCUT2D eigenvalue weighted by atomic mass is 9.86. The average Bonchev–Trinajstić information content (AvgIpc) is 2.98. The molecule has 0 radical (unpaired) electrons. The summed E-state index contributed by atoms with van der Waals surface area (Å²) in [5, 5.41) is 0. The van der Waals surface area contributed by atoms with E-state index in [1.54, 1.807) is 19.9 Å². The summed E-state index contributed by atoms with van der Waals surface area (Å²) in [6.07, 6.45) is 5.50. The van der Waals surface area contributed by atoms with Gasteiger partial charge in [-0.1, -0.05) is 13.8 Å². The SMILES string of the molecule is CC1=CC(C)=[N+]2C1=C(C)c1c(C)c(/C=C/C(=O)CC(C)C)c(C)n1[B-]2(F)F. The smallest absolute Gasteiger partial charge is 0.393 e. The Bertz CT molecular complexity index is 975. The summed E-state index contributed by atoms with van der Waals surface area (Å²) in [7, 11) is 0. The molecule has 3 nitrogen and oxygen atoms in total. The van der Waals surface area contributed by atoms with Crippen molar-refractivity contribution in [1.29, 1.82) is 0 Å². The summed E-state index contributed by atoms with van der Waals surface area (Å²) in [6, 6.07) is 0. The Morgan fingerprint density at radius 1 is 1.22 bits per heavy atom. The Balaban J connectivity index is 2.20. The minimum absolute atomic E-state index is 0.0175. The molecule has 6 heteroatoms. The molecule has 1 aromatic rings. The van der Waals surface area contributed by atoms with Crippen LogP contribution in [0.15, 0.2) is 23.4 Å². The molecule has 0 bridgehead atoms. The second-order valence-corrected chi connectivity index (χ2v) is 8.14. The lowest BCUT2D eigenvalue weighted by Crippen LogP contribution is -2.51. The number of halogens is 2. The van der Waals surface area contributed by atoms with E-state index in [1.165, 1.54) is 15.0 Å². The van der Waals surface area contributed by atoms with Crippen molar-refractivity contribution in [3.05, 3.63) is 45.9 Å². The first kappa shape index (κ1) is 19.5. The van der Waals surface area contributed by atoms with E-state index in [0.29, 0.717) is 34.8 Å². The van der Waals surface area contributed by atoms with Gasteiger partial charge in [0, 0.05) is 36.3 Å². The van der Waals surface area contributed by atoms with Crippen LogP contribution in [0.25, 0.3) is 11.6 Å². The zero-order valence-electron chi connectivity index (χ0n) is 17.2. The normalized spacial score (nSPS) is 18.5. The quantitative estimate of drug-likeness (QED) is 0.531. The van der Waals surface area contributed by atoms with Crippen molar-refractivity contribution < 1.29 is 17.9 Å². The van der Waals surface area contributed by atoms with Crippen molar-refractivity contribution >= 4 is 30.1 Å². The van der Waals surface area contributed by atoms with Crippen LogP contribution in [0.1, 0.15) is 63.6 Å². The number of rotatable bonds is 4. The zero-order valence-corrected chi connectivity index (χ0v) is 17.2. The number of hydrogen-bond acceptors (Lipinski definition) is 1. The van der Waals surface area contributed by atoms with Gasteiger partial charge in [0.2, 0.25) is 0 Å². The van der Waals surface area contributed by atoms with Crippen molar-refractivity contribution in [2.24, 2.45) is 5.92 Å². The number of nitrogens with zero attached hydrogens (tertiary/aromatic N) is 2. The van der Waals surface area contributed by atoms with E-state index in [0.717, 1.165) is 16.7 Å². The predicted octanol–water partition coefficient (Wildman–Crippen LogP) is 5.13. The molecule has 0 spiro atoms. The van der Waals surface area contributed by atoms with Crippen molar-refractivity contribution in [3.63, 3.8) is 0 Å².